The first-order valence-electron chi connectivity index (χ1n) is 6.05. The van der Waals surface area contributed by atoms with E-state index in [0.717, 1.165) is 11.8 Å². The van der Waals surface area contributed by atoms with Crippen LogP contribution in [0.5, 0.6) is 0 Å². The Labute approximate surface area is 110 Å². The van der Waals surface area contributed by atoms with Gasteiger partial charge in [-0.1, -0.05) is 6.07 Å². The highest BCUT2D eigenvalue weighted by atomic mass is 19.2. The van der Waals surface area contributed by atoms with Gasteiger partial charge in [0, 0.05) is 30.7 Å². The van der Waals surface area contributed by atoms with Crippen LogP contribution in [0, 0.1) is 11.6 Å². The number of nitrogens with zero attached hydrogens (tertiary/aromatic N) is 2. The highest BCUT2D eigenvalue weighted by molar-refractivity contribution is 5.21. The number of aromatic nitrogens is 2. The number of hydrogen-bond acceptors (Lipinski definition) is 3. The molecular formula is C14H15F2N3. The maximum Gasteiger partial charge on any atom is 0.159 e. The van der Waals surface area contributed by atoms with Gasteiger partial charge < -0.3 is 5.32 Å². The molecule has 2 atom stereocenters. The Morgan fingerprint density at radius 3 is 2.47 bits per heavy atom. The van der Waals surface area contributed by atoms with Gasteiger partial charge in [0.15, 0.2) is 11.6 Å². The monoisotopic (exact) mass is 263 g/mol. The van der Waals surface area contributed by atoms with Gasteiger partial charge in [-0.05, 0) is 31.5 Å². The molecule has 5 heteroatoms. The molecule has 0 fully saturated rings. The molecule has 1 aromatic carbocycles. The van der Waals surface area contributed by atoms with Crippen molar-refractivity contribution in [3.05, 3.63) is 59.7 Å². The third-order valence-corrected chi connectivity index (χ3v) is 2.97. The average molecular weight is 263 g/mol. The molecule has 0 amide bonds. The average Bonchev–Trinajstić information content (AvgIpc) is 2.42. The second-order valence-electron chi connectivity index (χ2n) is 4.41. The Hall–Kier alpha value is -1.88. The summed E-state index contributed by atoms with van der Waals surface area (Å²) in [5.41, 5.74) is 1.49. The molecule has 1 N–H and O–H groups in total. The molecule has 2 rings (SSSR count). The van der Waals surface area contributed by atoms with Gasteiger partial charge in [-0.3, -0.25) is 9.97 Å². The molecule has 0 bridgehead atoms. The molecule has 100 valence electrons. The lowest BCUT2D eigenvalue weighted by atomic mass is 10.1. The highest BCUT2D eigenvalue weighted by Crippen LogP contribution is 2.19. The first-order valence-corrected chi connectivity index (χ1v) is 6.05. The predicted molar refractivity (Wildman–Crippen MR) is 68.4 cm³/mol. The predicted octanol–water partition coefficient (Wildman–Crippen LogP) is 3.17. The number of rotatable bonds is 4. The van der Waals surface area contributed by atoms with Crippen molar-refractivity contribution in [3.63, 3.8) is 0 Å². The van der Waals surface area contributed by atoms with Crippen LogP contribution in [0.1, 0.15) is 37.2 Å². The molecule has 1 heterocycles. The van der Waals surface area contributed by atoms with E-state index in [1.807, 2.05) is 13.8 Å². The summed E-state index contributed by atoms with van der Waals surface area (Å²) in [5, 5.41) is 3.27. The van der Waals surface area contributed by atoms with E-state index in [1.54, 1.807) is 24.7 Å². The van der Waals surface area contributed by atoms with Crippen molar-refractivity contribution >= 4 is 0 Å². The molecule has 0 saturated heterocycles. The Bertz CT molecular complexity index is 546. The van der Waals surface area contributed by atoms with E-state index in [1.165, 1.54) is 6.07 Å². The minimum atomic E-state index is -0.835. The third kappa shape index (κ3) is 3.32. The second-order valence-corrected chi connectivity index (χ2v) is 4.41. The molecule has 2 aromatic rings. The van der Waals surface area contributed by atoms with Crippen molar-refractivity contribution in [2.45, 2.75) is 25.9 Å². The summed E-state index contributed by atoms with van der Waals surface area (Å²) in [6.07, 6.45) is 4.90. The Morgan fingerprint density at radius 1 is 1.05 bits per heavy atom. The summed E-state index contributed by atoms with van der Waals surface area (Å²) in [6.45, 7) is 3.83. The minimum absolute atomic E-state index is 0.0307. The van der Waals surface area contributed by atoms with Crippen LogP contribution in [0.2, 0.25) is 0 Å². The first-order chi connectivity index (χ1) is 9.08. The molecule has 0 aliphatic rings. The smallest absolute Gasteiger partial charge is 0.159 e. The fraction of sp³-hybridized carbons (Fsp3) is 0.286. The lowest BCUT2D eigenvalue weighted by Gasteiger charge is -2.19. The van der Waals surface area contributed by atoms with Crippen LogP contribution < -0.4 is 5.32 Å². The van der Waals surface area contributed by atoms with Crippen molar-refractivity contribution in [3.8, 4) is 0 Å². The molecule has 0 spiro atoms. The molecule has 0 aliphatic heterocycles. The summed E-state index contributed by atoms with van der Waals surface area (Å²) < 4.78 is 26.1. The van der Waals surface area contributed by atoms with Crippen molar-refractivity contribution in [1.82, 2.24) is 15.3 Å². The van der Waals surface area contributed by atoms with E-state index < -0.39 is 11.6 Å². The van der Waals surface area contributed by atoms with Crippen LogP contribution in [0.4, 0.5) is 8.78 Å². The lowest BCUT2D eigenvalue weighted by Crippen LogP contribution is -2.23. The summed E-state index contributed by atoms with van der Waals surface area (Å²) in [4.78, 5) is 8.20. The first kappa shape index (κ1) is 13.5. The van der Waals surface area contributed by atoms with Crippen molar-refractivity contribution in [2.75, 3.05) is 0 Å². The quantitative estimate of drug-likeness (QED) is 0.920. The lowest BCUT2D eigenvalue weighted by molar-refractivity contribution is 0.474. The minimum Gasteiger partial charge on any atom is -0.302 e. The zero-order chi connectivity index (χ0) is 13.8. The zero-order valence-electron chi connectivity index (χ0n) is 10.8. The maximum absolute atomic E-state index is 13.2. The number of benzene rings is 1. The fourth-order valence-electron chi connectivity index (χ4n) is 1.87. The highest BCUT2D eigenvalue weighted by Gasteiger charge is 2.13. The van der Waals surface area contributed by atoms with Gasteiger partial charge in [0.25, 0.3) is 0 Å². The molecule has 0 saturated carbocycles. The molecule has 0 radical (unpaired) electrons. The van der Waals surface area contributed by atoms with Gasteiger partial charge in [0.2, 0.25) is 0 Å². The summed E-state index contributed by atoms with van der Waals surface area (Å²) >= 11 is 0. The molecule has 0 aliphatic carbocycles. The Morgan fingerprint density at radius 2 is 1.84 bits per heavy atom. The van der Waals surface area contributed by atoms with E-state index in [2.05, 4.69) is 15.3 Å². The Balaban J connectivity index is 2.08. The Kier molecular flexibility index (Phi) is 4.16. The summed E-state index contributed by atoms with van der Waals surface area (Å²) in [7, 11) is 0. The summed E-state index contributed by atoms with van der Waals surface area (Å²) in [5.74, 6) is -1.67. The van der Waals surface area contributed by atoms with Gasteiger partial charge in [0.05, 0.1) is 5.69 Å². The molecule has 3 nitrogen and oxygen atoms in total. The number of hydrogen-bond donors (Lipinski definition) is 1. The van der Waals surface area contributed by atoms with E-state index in [4.69, 9.17) is 0 Å². The zero-order valence-corrected chi connectivity index (χ0v) is 10.8. The van der Waals surface area contributed by atoms with Crippen LogP contribution in [0.15, 0.2) is 36.8 Å². The van der Waals surface area contributed by atoms with E-state index >= 15 is 0 Å². The van der Waals surface area contributed by atoms with Gasteiger partial charge >= 0.3 is 0 Å². The third-order valence-electron chi connectivity index (χ3n) is 2.97. The van der Waals surface area contributed by atoms with Crippen LogP contribution in [0.3, 0.4) is 0 Å². The molecule has 19 heavy (non-hydrogen) atoms. The maximum atomic E-state index is 13.2. The van der Waals surface area contributed by atoms with Crippen LogP contribution in [-0.4, -0.2) is 9.97 Å². The molecule has 2 unspecified atom stereocenters. The van der Waals surface area contributed by atoms with E-state index in [9.17, 15) is 8.78 Å². The second kappa shape index (κ2) is 5.84. The van der Waals surface area contributed by atoms with Crippen molar-refractivity contribution < 1.29 is 8.78 Å². The van der Waals surface area contributed by atoms with Crippen LogP contribution in [0.25, 0.3) is 0 Å². The topological polar surface area (TPSA) is 37.8 Å². The van der Waals surface area contributed by atoms with Gasteiger partial charge in [-0.2, -0.15) is 0 Å². The van der Waals surface area contributed by atoms with Crippen molar-refractivity contribution in [2.24, 2.45) is 0 Å². The summed E-state index contributed by atoms with van der Waals surface area (Å²) in [6, 6.07) is 3.76. The van der Waals surface area contributed by atoms with Gasteiger partial charge in [-0.15, -0.1) is 0 Å². The SMILES string of the molecule is CC(NC(C)c1cnccn1)c1ccc(F)c(F)c1. The standard InChI is InChI=1S/C14H15F2N3/c1-9(11-3-4-12(15)13(16)7-11)19-10(2)14-8-17-5-6-18-14/h3-10,19H,1-2H3. The van der Waals surface area contributed by atoms with Crippen LogP contribution in [-0.2, 0) is 0 Å². The van der Waals surface area contributed by atoms with E-state index in [0.29, 0.717) is 5.56 Å². The number of nitrogens with one attached hydrogen (secondary N) is 1. The van der Waals surface area contributed by atoms with E-state index in [-0.39, 0.29) is 12.1 Å². The molecule has 1 aromatic heterocycles. The largest absolute Gasteiger partial charge is 0.302 e. The normalized spacial score (nSPS) is 14.1. The fourth-order valence-corrected chi connectivity index (χ4v) is 1.87. The van der Waals surface area contributed by atoms with Gasteiger partial charge in [-0.25, -0.2) is 8.78 Å². The van der Waals surface area contributed by atoms with Crippen LogP contribution >= 0.6 is 0 Å². The van der Waals surface area contributed by atoms with Crippen molar-refractivity contribution in [1.29, 1.82) is 0 Å². The molecular weight excluding hydrogens is 248 g/mol. The number of halogens is 2. The van der Waals surface area contributed by atoms with Gasteiger partial charge in [0.1, 0.15) is 0 Å².